The second-order valence-corrected chi connectivity index (χ2v) is 5.81. The molecule has 4 N–H and O–H groups in total. The molecule has 0 heterocycles. The molecule has 0 aromatic heterocycles. The second kappa shape index (κ2) is 6.46. The van der Waals surface area contributed by atoms with Gasteiger partial charge in [0.2, 0.25) is 0 Å². The Bertz CT molecular complexity index is 165. The highest BCUT2D eigenvalue weighted by Gasteiger charge is 2.20. The van der Waals surface area contributed by atoms with Crippen LogP contribution in [0.4, 0.5) is 0 Å². The smallest absolute Gasteiger partial charge is 0.0471 e. The van der Waals surface area contributed by atoms with Gasteiger partial charge in [0.15, 0.2) is 0 Å². The van der Waals surface area contributed by atoms with Crippen LogP contribution in [-0.2, 0) is 0 Å². The minimum atomic E-state index is 0.223. The summed E-state index contributed by atoms with van der Waals surface area (Å²) in [7, 11) is 0. The van der Waals surface area contributed by atoms with Gasteiger partial charge in [0.05, 0.1) is 0 Å². The topological polar surface area (TPSA) is 58.3 Å². The minimum Gasteiger partial charge on any atom is -0.396 e. The first-order valence-electron chi connectivity index (χ1n) is 5.87. The van der Waals surface area contributed by atoms with E-state index in [0.29, 0.717) is 24.0 Å². The molecular formula is C12H28N2O. The van der Waals surface area contributed by atoms with Gasteiger partial charge in [0.25, 0.3) is 0 Å². The molecule has 3 nitrogen and oxygen atoms in total. The molecule has 0 rings (SSSR count). The van der Waals surface area contributed by atoms with E-state index in [1.165, 1.54) is 0 Å². The Morgan fingerprint density at radius 3 is 2.13 bits per heavy atom. The number of nitrogens with one attached hydrogen (secondary N) is 1. The third kappa shape index (κ3) is 6.88. The van der Waals surface area contributed by atoms with E-state index < -0.39 is 0 Å². The molecule has 0 aromatic carbocycles. The summed E-state index contributed by atoms with van der Waals surface area (Å²) in [4.78, 5) is 0. The summed E-state index contributed by atoms with van der Waals surface area (Å²) in [5.41, 5.74) is 6.04. The van der Waals surface area contributed by atoms with Crippen molar-refractivity contribution in [1.29, 1.82) is 0 Å². The lowest BCUT2D eigenvalue weighted by Crippen LogP contribution is -2.46. The lowest BCUT2D eigenvalue weighted by atomic mass is 9.87. The molecule has 0 aromatic rings. The van der Waals surface area contributed by atoms with Crippen molar-refractivity contribution in [3.63, 3.8) is 0 Å². The van der Waals surface area contributed by atoms with Crippen LogP contribution in [0, 0.1) is 11.3 Å². The maximum absolute atomic E-state index is 9.05. The zero-order valence-electron chi connectivity index (χ0n) is 10.9. The fourth-order valence-corrected chi connectivity index (χ4v) is 1.64. The molecule has 0 aliphatic heterocycles. The molecule has 0 bridgehead atoms. The van der Waals surface area contributed by atoms with E-state index in [2.05, 4.69) is 33.0 Å². The normalized spacial score (nSPS) is 18.6. The Morgan fingerprint density at radius 1 is 1.27 bits per heavy atom. The van der Waals surface area contributed by atoms with E-state index in [4.69, 9.17) is 10.8 Å². The lowest BCUT2D eigenvalue weighted by Gasteiger charge is -2.30. The van der Waals surface area contributed by atoms with Crippen LogP contribution in [0.1, 0.15) is 41.0 Å². The average Bonchev–Trinajstić information content (AvgIpc) is 2.13. The summed E-state index contributed by atoms with van der Waals surface area (Å²) in [6.07, 6.45) is 1.06. The van der Waals surface area contributed by atoms with E-state index in [-0.39, 0.29) is 12.5 Å². The molecular weight excluding hydrogens is 188 g/mol. The molecule has 92 valence electrons. The summed E-state index contributed by atoms with van der Waals surface area (Å²) in [6, 6.07) is 0.653. The van der Waals surface area contributed by atoms with Gasteiger partial charge in [-0.3, -0.25) is 0 Å². The summed E-state index contributed by atoms with van der Waals surface area (Å²) in [6.45, 7) is 11.7. The zero-order valence-corrected chi connectivity index (χ0v) is 10.9. The quantitative estimate of drug-likeness (QED) is 0.628. The fourth-order valence-electron chi connectivity index (χ4n) is 1.64. The van der Waals surface area contributed by atoms with Gasteiger partial charge in [0.1, 0.15) is 0 Å². The van der Waals surface area contributed by atoms with E-state index in [0.717, 1.165) is 6.42 Å². The highest BCUT2D eigenvalue weighted by atomic mass is 16.3. The van der Waals surface area contributed by atoms with Gasteiger partial charge in [-0.2, -0.15) is 0 Å². The van der Waals surface area contributed by atoms with Crippen molar-refractivity contribution < 1.29 is 5.11 Å². The van der Waals surface area contributed by atoms with Crippen molar-refractivity contribution in [2.45, 2.75) is 53.1 Å². The largest absolute Gasteiger partial charge is 0.396 e. The molecule has 0 spiro atoms. The van der Waals surface area contributed by atoms with E-state index in [1.807, 2.05) is 6.92 Å². The van der Waals surface area contributed by atoms with Crippen LogP contribution in [0.3, 0.4) is 0 Å². The van der Waals surface area contributed by atoms with Gasteiger partial charge in [-0.25, -0.2) is 0 Å². The van der Waals surface area contributed by atoms with Crippen LogP contribution in [-0.4, -0.2) is 30.3 Å². The summed E-state index contributed by atoms with van der Waals surface area (Å²) < 4.78 is 0. The van der Waals surface area contributed by atoms with E-state index >= 15 is 0 Å². The number of rotatable bonds is 6. The number of hydrogen-bond acceptors (Lipinski definition) is 3. The van der Waals surface area contributed by atoms with Gasteiger partial charge in [-0.1, -0.05) is 27.7 Å². The van der Waals surface area contributed by atoms with Gasteiger partial charge in [-0.05, 0) is 24.7 Å². The third-order valence-electron chi connectivity index (χ3n) is 2.78. The molecule has 3 atom stereocenters. The first-order valence-corrected chi connectivity index (χ1v) is 5.87. The van der Waals surface area contributed by atoms with Crippen molar-refractivity contribution >= 4 is 0 Å². The maximum Gasteiger partial charge on any atom is 0.0471 e. The predicted octanol–water partition coefficient (Wildman–Crippen LogP) is 1.36. The van der Waals surface area contributed by atoms with E-state index in [1.54, 1.807) is 0 Å². The van der Waals surface area contributed by atoms with Crippen LogP contribution >= 0.6 is 0 Å². The Labute approximate surface area is 94.4 Å². The molecule has 0 aliphatic carbocycles. The highest BCUT2D eigenvalue weighted by Crippen LogP contribution is 2.21. The Morgan fingerprint density at radius 2 is 1.80 bits per heavy atom. The van der Waals surface area contributed by atoms with Gasteiger partial charge >= 0.3 is 0 Å². The third-order valence-corrected chi connectivity index (χ3v) is 2.78. The second-order valence-electron chi connectivity index (χ2n) is 5.81. The molecule has 15 heavy (non-hydrogen) atoms. The lowest BCUT2D eigenvalue weighted by molar-refractivity contribution is 0.192. The number of hydrogen-bond donors (Lipinski definition) is 3. The first kappa shape index (κ1) is 14.9. The summed E-state index contributed by atoms with van der Waals surface area (Å²) in [5.74, 6) is 0.277. The first-order chi connectivity index (χ1) is 6.80. The molecule has 0 amide bonds. The van der Waals surface area contributed by atoms with Crippen molar-refractivity contribution in [3.8, 4) is 0 Å². The standard InChI is InChI=1S/C12H28N2O/c1-9(8-15)10(2)14-11(7-13)6-12(3,4)5/h9-11,14-15H,6-8,13H2,1-5H3. The molecule has 0 saturated heterocycles. The van der Waals surface area contributed by atoms with Crippen LogP contribution in [0.2, 0.25) is 0 Å². The average molecular weight is 216 g/mol. The van der Waals surface area contributed by atoms with Gasteiger partial charge < -0.3 is 16.2 Å². The van der Waals surface area contributed by atoms with Crippen LogP contribution in [0.25, 0.3) is 0 Å². The van der Waals surface area contributed by atoms with Crippen molar-refractivity contribution in [2.75, 3.05) is 13.2 Å². The molecule has 3 unspecified atom stereocenters. The minimum absolute atomic E-state index is 0.223. The van der Waals surface area contributed by atoms with Crippen molar-refractivity contribution in [3.05, 3.63) is 0 Å². The molecule has 0 saturated carbocycles. The van der Waals surface area contributed by atoms with Crippen LogP contribution < -0.4 is 11.1 Å². The zero-order chi connectivity index (χ0) is 12.1. The molecule has 0 fully saturated rings. The molecule has 0 radical (unpaired) electrons. The Hall–Kier alpha value is -0.120. The van der Waals surface area contributed by atoms with Crippen molar-refractivity contribution in [1.82, 2.24) is 5.32 Å². The Balaban J connectivity index is 4.09. The number of nitrogens with two attached hydrogens (primary N) is 1. The number of aliphatic hydroxyl groups is 1. The summed E-state index contributed by atoms with van der Waals surface area (Å²) in [5, 5.41) is 12.5. The van der Waals surface area contributed by atoms with E-state index in [9.17, 15) is 0 Å². The highest BCUT2D eigenvalue weighted by molar-refractivity contribution is 4.79. The number of aliphatic hydroxyl groups excluding tert-OH is 1. The monoisotopic (exact) mass is 216 g/mol. The Kier molecular flexibility index (Phi) is 6.41. The van der Waals surface area contributed by atoms with Crippen LogP contribution in [0.15, 0.2) is 0 Å². The fraction of sp³-hybridized carbons (Fsp3) is 1.00. The molecule has 0 aliphatic rings. The van der Waals surface area contributed by atoms with Gasteiger partial charge in [0, 0.05) is 25.2 Å². The van der Waals surface area contributed by atoms with Gasteiger partial charge in [-0.15, -0.1) is 0 Å². The van der Waals surface area contributed by atoms with Crippen LogP contribution in [0.5, 0.6) is 0 Å². The summed E-state index contributed by atoms with van der Waals surface area (Å²) >= 11 is 0. The predicted molar refractivity (Wildman–Crippen MR) is 65.8 cm³/mol. The van der Waals surface area contributed by atoms with Crippen molar-refractivity contribution in [2.24, 2.45) is 17.1 Å². The molecule has 3 heteroatoms. The SMILES string of the molecule is CC(CO)C(C)NC(CN)CC(C)(C)C. The maximum atomic E-state index is 9.05.